The van der Waals surface area contributed by atoms with E-state index in [1.165, 1.54) is 44.9 Å². The second-order valence-electron chi connectivity index (χ2n) is 5.72. The molecule has 2 aliphatic rings. The Hall–Kier alpha value is -0.0800. The summed E-state index contributed by atoms with van der Waals surface area (Å²) in [6.07, 6.45) is 11.0. The molecule has 0 aliphatic heterocycles. The highest BCUT2D eigenvalue weighted by atomic mass is 16.3. The lowest BCUT2D eigenvalue weighted by molar-refractivity contribution is 0.182. The Labute approximate surface area is 99.8 Å². The number of rotatable bonds is 6. The molecular formula is C14H27NO. The second kappa shape index (κ2) is 6.02. The quantitative estimate of drug-likeness (QED) is 0.728. The molecule has 0 spiro atoms. The van der Waals surface area contributed by atoms with E-state index in [4.69, 9.17) is 0 Å². The van der Waals surface area contributed by atoms with Gasteiger partial charge in [-0.15, -0.1) is 0 Å². The fourth-order valence-corrected chi connectivity index (χ4v) is 3.18. The van der Waals surface area contributed by atoms with Gasteiger partial charge in [-0.3, -0.25) is 0 Å². The number of aliphatic hydroxyl groups is 1. The molecule has 0 saturated heterocycles. The Kier molecular flexibility index (Phi) is 4.66. The minimum atomic E-state index is 0.298. The van der Waals surface area contributed by atoms with E-state index < -0.39 is 0 Å². The Bertz CT molecular complexity index is 193. The normalized spacial score (nSPS) is 26.6. The summed E-state index contributed by atoms with van der Waals surface area (Å²) in [7, 11) is 0. The predicted molar refractivity (Wildman–Crippen MR) is 67.4 cm³/mol. The summed E-state index contributed by atoms with van der Waals surface area (Å²) < 4.78 is 0. The lowest BCUT2D eigenvalue weighted by Gasteiger charge is -2.33. The Balaban J connectivity index is 1.87. The average Bonchev–Trinajstić information content (AvgIpc) is 3.16. The zero-order valence-corrected chi connectivity index (χ0v) is 10.6. The summed E-state index contributed by atoms with van der Waals surface area (Å²) >= 11 is 0. The van der Waals surface area contributed by atoms with Crippen LogP contribution in [0.25, 0.3) is 0 Å². The molecule has 94 valence electrons. The Morgan fingerprint density at radius 3 is 2.19 bits per heavy atom. The van der Waals surface area contributed by atoms with Crippen molar-refractivity contribution < 1.29 is 5.11 Å². The smallest absolute Gasteiger partial charge is 0.0584 e. The van der Waals surface area contributed by atoms with Gasteiger partial charge in [0, 0.05) is 12.1 Å². The van der Waals surface area contributed by atoms with Crippen molar-refractivity contribution in [2.75, 3.05) is 6.61 Å². The highest BCUT2D eigenvalue weighted by molar-refractivity contribution is 4.93. The van der Waals surface area contributed by atoms with Gasteiger partial charge in [-0.25, -0.2) is 0 Å². The Morgan fingerprint density at radius 1 is 1.06 bits per heavy atom. The van der Waals surface area contributed by atoms with Gasteiger partial charge in [0.1, 0.15) is 0 Å². The van der Waals surface area contributed by atoms with Crippen LogP contribution >= 0.6 is 0 Å². The van der Waals surface area contributed by atoms with Gasteiger partial charge in [0.05, 0.1) is 6.61 Å². The van der Waals surface area contributed by atoms with Crippen LogP contribution in [0.5, 0.6) is 0 Å². The molecule has 0 aromatic rings. The van der Waals surface area contributed by atoms with Gasteiger partial charge < -0.3 is 10.4 Å². The van der Waals surface area contributed by atoms with Crippen LogP contribution in [0.2, 0.25) is 0 Å². The van der Waals surface area contributed by atoms with Crippen LogP contribution < -0.4 is 5.32 Å². The molecule has 2 N–H and O–H groups in total. The molecule has 0 aromatic heterocycles. The molecule has 0 aromatic carbocycles. The molecule has 2 nitrogen and oxygen atoms in total. The van der Waals surface area contributed by atoms with E-state index in [0.717, 1.165) is 18.3 Å². The molecule has 0 heterocycles. The van der Waals surface area contributed by atoms with Gasteiger partial charge in [0.15, 0.2) is 0 Å². The van der Waals surface area contributed by atoms with Gasteiger partial charge in [0.2, 0.25) is 0 Å². The number of aliphatic hydroxyl groups excluding tert-OH is 1. The van der Waals surface area contributed by atoms with E-state index in [1.807, 2.05) is 0 Å². The molecular weight excluding hydrogens is 198 g/mol. The first-order chi connectivity index (χ1) is 7.85. The molecule has 0 bridgehead atoms. The van der Waals surface area contributed by atoms with Crippen LogP contribution in [0.4, 0.5) is 0 Å². The minimum Gasteiger partial charge on any atom is -0.395 e. The summed E-state index contributed by atoms with van der Waals surface area (Å²) in [4.78, 5) is 0. The predicted octanol–water partition coefficient (Wildman–Crippen LogP) is 2.71. The highest BCUT2D eigenvalue weighted by Gasteiger charge is 2.37. The number of nitrogens with one attached hydrogen (secondary N) is 1. The van der Waals surface area contributed by atoms with Crippen LogP contribution in [-0.2, 0) is 0 Å². The molecule has 2 rings (SSSR count). The van der Waals surface area contributed by atoms with E-state index in [9.17, 15) is 5.11 Å². The summed E-state index contributed by atoms with van der Waals surface area (Å²) in [5.41, 5.74) is 0. The second-order valence-corrected chi connectivity index (χ2v) is 5.72. The van der Waals surface area contributed by atoms with Gasteiger partial charge in [-0.1, -0.05) is 26.2 Å². The van der Waals surface area contributed by atoms with Crippen molar-refractivity contribution >= 4 is 0 Å². The molecule has 2 atom stereocenters. The monoisotopic (exact) mass is 225 g/mol. The Morgan fingerprint density at radius 2 is 1.69 bits per heavy atom. The van der Waals surface area contributed by atoms with Gasteiger partial charge in [-0.2, -0.15) is 0 Å². The van der Waals surface area contributed by atoms with Crippen molar-refractivity contribution in [3.63, 3.8) is 0 Å². The molecule has 0 amide bonds. The van der Waals surface area contributed by atoms with Crippen molar-refractivity contribution in [3.8, 4) is 0 Å². The maximum atomic E-state index is 9.31. The summed E-state index contributed by atoms with van der Waals surface area (Å²) in [5.74, 6) is 1.81. The molecule has 2 aliphatic carbocycles. The summed E-state index contributed by atoms with van der Waals surface area (Å²) in [6, 6.07) is 1.03. The minimum absolute atomic E-state index is 0.298. The molecule has 2 heteroatoms. The average molecular weight is 225 g/mol. The maximum Gasteiger partial charge on any atom is 0.0584 e. The van der Waals surface area contributed by atoms with E-state index in [-0.39, 0.29) is 0 Å². The van der Waals surface area contributed by atoms with Gasteiger partial charge in [-0.05, 0) is 43.9 Å². The molecule has 0 radical (unpaired) electrons. The van der Waals surface area contributed by atoms with Crippen LogP contribution in [0, 0.1) is 11.8 Å². The van der Waals surface area contributed by atoms with E-state index in [0.29, 0.717) is 18.7 Å². The van der Waals surface area contributed by atoms with Crippen molar-refractivity contribution in [1.29, 1.82) is 0 Å². The van der Waals surface area contributed by atoms with Gasteiger partial charge >= 0.3 is 0 Å². The first-order valence-corrected chi connectivity index (χ1v) is 7.22. The van der Waals surface area contributed by atoms with E-state index >= 15 is 0 Å². The van der Waals surface area contributed by atoms with Crippen LogP contribution in [-0.4, -0.2) is 23.8 Å². The zero-order chi connectivity index (χ0) is 11.4. The van der Waals surface area contributed by atoms with E-state index in [2.05, 4.69) is 12.2 Å². The van der Waals surface area contributed by atoms with Crippen molar-refractivity contribution in [3.05, 3.63) is 0 Å². The molecule has 1 unspecified atom stereocenters. The third-order valence-electron chi connectivity index (χ3n) is 4.43. The summed E-state index contributed by atoms with van der Waals surface area (Å²) in [5, 5.41) is 13.0. The zero-order valence-electron chi connectivity index (χ0n) is 10.6. The number of hydrogen-bond donors (Lipinski definition) is 2. The van der Waals surface area contributed by atoms with Crippen LogP contribution in [0.15, 0.2) is 0 Å². The van der Waals surface area contributed by atoms with Crippen LogP contribution in [0.3, 0.4) is 0 Å². The van der Waals surface area contributed by atoms with Crippen molar-refractivity contribution in [1.82, 2.24) is 5.32 Å². The lowest BCUT2D eigenvalue weighted by atomic mass is 9.81. The molecule has 2 saturated carbocycles. The topological polar surface area (TPSA) is 32.3 Å². The third kappa shape index (κ3) is 3.21. The first-order valence-electron chi connectivity index (χ1n) is 7.22. The van der Waals surface area contributed by atoms with Gasteiger partial charge in [0.25, 0.3) is 0 Å². The van der Waals surface area contributed by atoms with Crippen molar-refractivity contribution in [2.24, 2.45) is 11.8 Å². The highest BCUT2D eigenvalue weighted by Crippen LogP contribution is 2.40. The third-order valence-corrected chi connectivity index (χ3v) is 4.43. The fourth-order valence-electron chi connectivity index (χ4n) is 3.18. The van der Waals surface area contributed by atoms with Crippen molar-refractivity contribution in [2.45, 2.75) is 70.4 Å². The molecule has 16 heavy (non-hydrogen) atoms. The van der Waals surface area contributed by atoms with E-state index in [1.54, 1.807) is 0 Å². The van der Waals surface area contributed by atoms with Crippen LogP contribution in [0.1, 0.15) is 58.3 Å². The molecule has 2 fully saturated rings. The SMILES string of the molecule is CC[C@H](CO)NC(C1CCCCC1)C1CC1. The number of hydrogen-bond acceptors (Lipinski definition) is 2. The summed E-state index contributed by atoms with van der Waals surface area (Å²) in [6.45, 7) is 2.46. The standard InChI is InChI=1S/C14H27NO/c1-2-13(10-16)15-14(12-8-9-12)11-6-4-3-5-7-11/h11-16H,2-10H2,1H3/t13-,14?/m1/s1. The maximum absolute atomic E-state index is 9.31. The lowest BCUT2D eigenvalue weighted by Crippen LogP contribution is -2.46. The largest absolute Gasteiger partial charge is 0.395 e. The fraction of sp³-hybridized carbons (Fsp3) is 1.00. The first kappa shape index (κ1) is 12.4.